The van der Waals surface area contributed by atoms with Crippen molar-refractivity contribution in [1.29, 1.82) is 5.26 Å². The van der Waals surface area contributed by atoms with Crippen LogP contribution in [0.1, 0.15) is 49.8 Å². The number of nitrogens with zero attached hydrogens (tertiary/aromatic N) is 1. The van der Waals surface area contributed by atoms with Crippen molar-refractivity contribution in [2.45, 2.75) is 57.0 Å². The molecule has 0 aliphatic carbocycles. The minimum atomic E-state index is -1.51. The van der Waals surface area contributed by atoms with Crippen LogP contribution in [-0.4, -0.2) is 38.5 Å². The third kappa shape index (κ3) is 7.30. The minimum absolute atomic E-state index is 0.0860. The summed E-state index contributed by atoms with van der Waals surface area (Å²) in [6.45, 7) is 6.30. The average Bonchev–Trinajstić information content (AvgIpc) is 3.25. The molecule has 0 aromatic heterocycles. The molecule has 1 aliphatic rings. The molecule has 3 aromatic carbocycles. The zero-order chi connectivity index (χ0) is 31.4. The van der Waals surface area contributed by atoms with E-state index in [0.717, 1.165) is 11.3 Å². The summed E-state index contributed by atoms with van der Waals surface area (Å²) in [7, 11) is 1.35. The van der Waals surface area contributed by atoms with E-state index in [1.807, 2.05) is 45.0 Å². The van der Waals surface area contributed by atoms with Crippen molar-refractivity contribution in [2.24, 2.45) is 5.41 Å². The quantitative estimate of drug-likeness (QED) is 0.138. The van der Waals surface area contributed by atoms with Crippen LogP contribution in [-0.2, 0) is 26.1 Å². The lowest BCUT2D eigenvalue weighted by molar-refractivity contribution is -0.139. The smallest absolute Gasteiger partial charge is 0.309 e. The molecule has 0 bridgehead atoms. The van der Waals surface area contributed by atoms with E-state index in [9.17, 15) is 10.1 Å². The highest BCUT2D eigenvalue weighted by Gasteiger charge is 2.59. The number of hydrogen-bond acceptors (Lipinski definition) is 6. The van der Waals surface area contributed by atoms with Gasteiger partial charge in [0, 0.05) is 34.3 Å². The number of ether oxygens (including phenoxy) is 2. The molecule has 4 atom stereocenters. The number of esters is 1. The summed E-state index contributed by atoms with van der Waals surface area (Å²) < 4.78 is 42.2. The summed E-state index contributed by atoms with van der Waals surface area (Å²) in [6, 6.07) is 17.5. The Morgan fingerprint density at radius 2 is 1.84 bits per heavy atom. The minimum Gasteiger partial charge on any atom is -0.469 e. The number of carbonyl (C=O) groups excluding carboxylic acids is 1. The van der Waals surface area contributed by atoms with E-state index in [0.29, 0.717) is 6.42 Å². The molecule has 3 aromatic rings. The maximum atomic E-state index is 15.7. The molecule has 2 N–H and O–H groups in total. The molecule has 43 heavy (non-hydrogen) atoms. The van der Waals surface area contributed by atoms with Crippen molar-refractivity contribution < 1.29 is 23.0 Å². The zero-order valence-electron chi connectivity index (χ0n) is 24.5. The number of nitriles is 1. The molecular formula is C33H35Cl2F2N3O3. The van der Waals surface area contributed by atoms with Crippen LogP contribution in [0.3, 0.4) is 0 Å². The average molecular weight is 631 g/mol. The first-order chi connectivity index (χ1) is 20.4. The van der Waals surface area contributed by atoms with E-state index in [1.165, 1.54) is 25.3 Å². The number of methoxy groups -OCH3 is 1. The molecular weight excluding hydrogens is 595 g/mol. The first kappa shape index (κ1) is 32.7. The fourth-order valence-electron chi connectivity index (χ4n) is 5.91. The van der Waals surface area contributed by atoms with Gasteiger partial charge >= 0.3 is 5.97 Å². The van der Waals surface area contributed by atoms with Gasteiger partial charge in [-0.1, -0.05) is 74.3 Å². The van der Waals surface area contributed by atoms with Crippen LogP contribution in [0.2, 0.25) is 10.0 Å². The van der Waals surface area contributed by atoms with Gasteiger partial charge in [0.25, 0.3) is 0 Å². The first-order valence-corrected chi connectivity index (χ1v) is 14.7. The second-order valence-electron chi connectivity index (χ2n) is 12.0. The van der Waals surface area contributed by atoms with Crippen LogP contribution >= 0.6 is 23.2 Å². The van der Waals surface area contributed by atoms with Crippen molar-refractivity contribution in [2.75, 3.05) is 25.8 Å². The predicted octanol–water partition coefficient (Wildman–Crippen LogP) is 7.40. The lowest BCUT2D eigenvalue weighted by atomic mass is 9.63. The Hall–Kier alpha value is -3.22. The first-order valence-electron chi connectivity index (χ1n) is 13.9. The normalized spacial score (nSPS) is 21.8. The van der Waals surface area contributed by atoms with E-state index >= 15 is 8.78 Å². The molecule has 10 heteroatoms. The summed E-state index contributed by atoms with van der Waals surface area (Å²) in [6.07, 6.45) is 0.667. The standard InChI is InChI=1S/C33H35Cl2F2N3O3/c1-32(2,3)16-28-33(18-38,24-13-10-21(34)15-26(24)36)30(23-6-5-7-25(35)31(23)37)27(40-28)17-43-19-39-22-11-8-20(9-12-22)14-29(41)42-4/h5-13,15,27-28,30,39-40H,14,16-17,19H2,1-4H3. The Morgan fingerprint density at radius 1 is 1.12 bits per heavy atom. The molecule has 0 radical (unpaired) electrons. The van der Waals surface area contributed by atoms with Gasteiger partial charge in [-0.3, -0.25) is 4.79 Å². The Balaban J connectivity index is 1.66. The van der Waals surface area contributed by atoms with E-state index in [4.69, 9.17) is 32.7 Å². The highest BCUT2D eigenvalue weighted by Crippen LogP contribution is 2.52. The molecule has 1 saturated heterocycles. The van der Waals surface area contributed by atoms with Crippen LogP contribution in [0.4, 0.5) is 14.5 Å². The summed E-state index contributed by atoms with van der Waals surface area (Å²) in [5.74, 6) is -2.47. The molecule has 1 fully saturated rings. The number of carbonyl (C=O) groups is 1. The molecule has 4 unspecified atom stereocenters. The summed E-state index contributed by atoms with van der Waals surface area (Å²) in [5, 5.41) is 17.7. The molecule has 4 rings (SSSR count). The molecule has 0 saturated carbocycles. The Kier molecular flexibility index (Phi) is 10.3. The van der Waals surface area contributed by atoms with E-state index in [2.05, 4.69) is 16.7 Å². The molecule has 6 nitrogen and oxygen atoms in total. The number of nitrogens with one attached hydrogen (secondary N) is 2. The summed E-state index contributed by atoms with van der Waals surface area (Å²) in [4.78, 5) is 11.5. The number of halogens is 4. The van der Waals surface area contributed by atoms with Crippen LogP contribution < -0.4 is 10.6 Å². The second-order valence-corrected chi connectivity index (χ2v) is 12.8. The molecule has 0 amide bonds. The molecule has 0 spiro atoms. The van der Waals surface area contributed by atoms with Gasteiger partial charge in [0.05, 0.1) is 31.2 Å². The van der Waals surface area contributed by atoms with Gasteiger partial charge in [-0.05, 0) is 53.3 Å². The third-order valence-corrected chi connectivity index (χ3v) is 8.29. The van der Waals surface area contributed by atoms with Gasteiger partial charge in [0.1, 0.15) is 23.8 Å². The highest BCUT2D eigenvalue weighted by molar-refractivity contribution is 6.31. The highest BCUT2D eigenvalue weighted by atomic mass is 35.5. The van der Waals surface area contributed by atoms with Gasteiger partial charge in [-0.15, -0.1) is 0 Å². The maximum absolute atomic E-state index is 15.7. The van der Waals surface area contributed by atoms with Gasteiger partial charge in [0.2, 0.25) is 0 Å². The van der Waals surface area contributed by atoms with Crippen molar-refractivity contribution in [3.63, 3.8) is 0 Å². The molecule has 228 valence electrons. The maximum Gasteiger partial charge on any atom is 0.309 e. The Morgan fingerprint density at radius 3 is 2.47 bits per heavy atom. The second kappa shape index (κ2) is 13.6. The van der Waals surface area contributed by atoms with Gasteiger partial charge in [0.15, 0.2) is 0 Å². The summed E-state index contributed by atoms with van der Waals surface area (Å²) >= 11 is 12.3. The number of anilines is 1. The van der Waals surface area contributed by atoms with Gasteiger partial charge in [-0.2, -0.15) is 5.26 Å². The fraction of sp³-hybridized carbons (Fsp3) is 0.394. The van der Waals surface area contributed by atoms with Crippen molar-refractivity contribution in [3.8, 4) is 6.07 Å². The number of rotatable bonds is 10. The van der Waals surface area contributed by atoms with E-state index in [1.54, 1.807) is 18.2 Å². The van der Waals surface area contributed by atoms with Crippen LogP contribution in [0.5, 0.6) is 0 Å². The van der Waals surface area contributed by atoms with Gasteiger partial charge in [-0.25, -0.2) is 8.78 Å². The lowest BCUT2D eigenvalue weighted by Gasteiger charge is -2.37. The largest absolute Gasteiger partial charge is 0.469 e. The van der Waals surface area contributed by atoms with Crippen LogP contribution in [0, 0.1) is 28.4 Å². The number of hydrogen-bond donors (Lipinski definition) is 2. The fourth-order valence-corrected chi connectivity index (χ4v) is 6.25. The van der Waals surface area contributed by atoms with Crippen LogP contribution in [0.25, 0.3) is 0 Å². The monoisotopic (exact) mass is 629 g/mol. The Labute approximate surface area is 261 Å². The zero-order valence-corrected chi connectivity index (χ0v) is 26.0. The molecule has 1 heterocycles. The topological polar surface area (TPSA) is 83.4 Å². The van der Waals surface area contributed by atoms with Crippen molar-refractivity contribution in [1.82, 2.24) is 5.32 Å². The lowest BCUT2D eigenvalue weighted by Crippen LogP contribution is -2.44. The van der Waals surface area contributed by atoms with E-state index in [-0.39, 0.29) is 52.3 Å². The Bertz CT molecular complexity index is 1490. The van der Waals surface area contributed by atoms with E-state index < -0.39 is 35.1 Å². The molecule has 1 aliphatic heterocycles. The van der Waals surface area contributed by atoms with Crippen molar-refractivity contribution >= 4 is 34.9 Å². The summed E-state index contributed by atoms with van der Waals surface area (Å²) in [5.41, 5.74) is 0.160. The van der Waals surface area contributed by atoms with Gasteiger partial charge < -0.3 is 20.1 Å². The predicted molar refractivity (Wildman–Crippen MR) is 164 cm³/mol. The van der Waals surface area contributed by atoms with Crippen molar-refractivity contribution in [3.05, 3.63) is 99.0 Å². The third-order valence-electron chi connectivity index (χ3n) is 7.76. The van der Waals surface area contributed by atoms with Crippen LogP contribution in [0.15, 0.2) is 60.7 Å². The SMILES string of the molecule is COC(=O)Cc1ccc(NCOCC2NC(CC(C)(C)C)C(C#N)(c3ccc(Cl)cc3F)C2c2cccc(Cl)c2F)cc1. The number of benzene rings is 3.